The number of hydrazone groups is 1. The third kappa shape index (κ3) is 3.33. The van der Waals surface area contributed by atoms with Crippen molar-refractivity contribution < 1.29 is 9.90 Å². The van der Waals surface area contributed by atoms with Gasteiger partial charge in [-0.05, 0) is 42.1 Å². The van der Waals surface area contributed by atoms with Gasteiger partial charge in [0.05, 0.1) is 11.8 Å². The molecule has 0 saturated heterocycles. The van der Waals surface area contributed by atoms with E-state index in [1.807, 2.05) is 18.4 Å². The molecule has 0 aliphatic rings. The van der Waals surface area contributed by atoms with Crippen LogP contribution in [0.2, 0.25) is 5.02 Å². The Labute approximate surface area is 119 Å². The Morgan fingerprint density at radius 1 is 1.47 bits per heavy atom. The summed E-state index contributed by atoms with van der Waals surface area (Å²) in [4.78, 5) is 12.7. The molecule has 1 aromatic carbocycles. The maximum absolute atomic E-state index is 11.8. The molecule has 0 aliphatic heterocycles. The number of nitrogens with one attached hydrogen (secondary N) is 1. The predicted molar refractivity (Wildman–Crippen MR) is 77.2 cm³/mol. The number of hydrogen-bond acceptors (Lipinski definition) is 4. The van der Waals surface area contributed by atoms with Gasteiger partial charge in [0.1, 0.15) is 5.75 Å². The van der Waals surface area contributed by atoms with Gasteiger partial charge in [-0.2, -0.15) is 5.10 Å². The van der Waals surface area contributed by atoms with E-state index >= 15 is 0 Å². The van der Waals surface area contributed by atoms with Gasteiger partial charge >= 0.3 is 0 Å². The number of halogens is 1. The summed E-state index contributed by atoms with van der Waals surface area (Å²) in [6.07, 6.45) is 1.57. The van der Waals surface area contributed by atoms with Crippen LogP contribution < -0.4 is 5.43 Å². The molecule has 0 fully saturated rings. The number of carbonyl (C=O) groups is 1. The van der Waals surface area contributed by atoms with E-state index in [1.54, 1.807) is 6.21 Å². The molecule has 0 unspecified atom stereocenters. The Morgan fingerprint density at radius 2 is 2.26 bits per heavy atom. The van der Waals surface area contributed by atoms with Crippen molar-refractivity contribution in [3.63, 3.8) is 0 Å². The molecular weight excluding hydrogens is 284 g/mol. The minimum atomic E-state index is -0.486. The van der Waals surface area contributed by atoms with Crippen molar-refractivity contribution in [2.75, 3.05) is 0 Å². The minimum Gasteiger partial charge on any atom is -0.507 e. The maximum Gasteiger partial charge on any atom is 0.275 e. The van der Waals surface area contributed by atoms with Gasteiger partial charge in [0.25, 0.3) is 5.91 Å². The average Bonchev–Trinajstić information content (AvgIpc) is 2.75. The highest BCUT2D eigenvalue weighted by Gasteiger charge is 2.10. The van der Waals surface area contributed by atoms with Gasteiger partial charge < -0.3 is 5.11 Å². The fourth-order valence-electron chi connectivity index (χ4n) is 1.42. The zero-order valence-corrected chi connectivity index (χ0v) is 11.6. The van der Waals surface area contributed by atoms with E-state index in [-0.39, 0.29) is 11.3 Å². The Hall–Kier alpha value is -1.85. The Kier molecular flexibility index (Phi) is 4.19. The van der Waals surface area contributed by atoms with E-state index in [4.69, 9.17) is 11.6 Å². The van der Waals surface area contributed by atoms with E-state index < -0.39 is 5.91 Å². The highest BCUT2D eigenvalue weighted by Crippen LogP contribution is 2.21. The second-order valence-corrected chi connectivity index (χ2v) is 5.21. The average molecular weight is 295 g/mol. The number of phenols is 1. The molecule has 98 valence electrons. The largest absolute Gasteiger partial charge is 0.507 e. The standard InChI is InChI=1S/C13H11ClN2O2S/c1-8-4-5-19-12(8)7-15-16-13(18)10-3-2-9(14)6-11(10)17/h2-7,17H,1H3,(H,16,18). The molecule has 6 heteroatoms. The van der Waals surface area contributed by atoms with E-state index in [0.29, 0.717) is 5.02 Å². The third-order valence-electron chi connectivity index (χ3n) is 2.45. The number of benzene rings is 1. The lowest BCUT2D eigenvalue weighted by Crippen LogP contribution is -2.17. The van der Waals surface area contributed by atoms with Crippen LogP contribution in [-0.2, 0) is 0 Å². The van der Waals surface area contributed by atoms with Crippen molar-refractivity contribution >= 4 is 35.1 Å². The molecule has 0 radical (unpaired) electrons. The molecule has 19 heavy (non-hydrogen) atoms. The molecule has 2 aromatic rings. The van der Waals surface area contributed by atoms with Crippen LogP contribution in [0.1, 0.15) is 20.8 Å². The van der Waals surface area contributed by atoms with Gasteiger partial charge in [-0.1, -0.05) is 11.6 Å². The number of thiophene rings is 1. The Balaban J connectivity index is 2.06. The summed E-state index contributed by atoms with van der Waals surface area (Å²) >= 11 is 7.23. The third-order valence-corrected chi connectivity index (χ3v) is 3.64. The molecule has 4 nitrogen and oxygen atoms in total. The van der Waals surface area contributed by atoms with Crippen molar-refractivity contribution in [1.29, 1.82) is 0 Å². The van der Waals surface area contributed by atoms with Crippen LogP contribution >= 0.6 is 22.9 Å². The van der Waals surface area contributed by atoms with Gasteiger partial charge in [-0.15, -0.1) is 11.3 Å². The zero-order chi connectivity index (χ0) is 13.8. The minimum absolute atomic E-state index is 0.129. The number of rotatable bonds is 3. The summed E-state index contributed by atoms with van der Waals surface area (Å²) in [6.45, 7) is 1.96. The number of aromatic hydroxyl groups is 1. The number of phenolic OH excluding ortho intramolecular Hbond substituents is 1. The Morgan fingerprint density at radius 3 is 2.89 bits per heavy atom. The summed E-state index contributed by atoms with van der Waals surface area (Å²) in [5, 5.41) is 15.8. The van der Waals surface area contributed by atoms with Crippen LogP contribution in [0.25, 0.3) is 0 Å². The molecule has 2 N–H and O–H groups in total. The monoisotopic (exact) mass is 294 g/mol. The summed E-state index contributed by atoms with van der Waals surface area (Å²) in [5.41, 5.74) is 3.58. The SMILES string of the molecule is Cc1ccsc1C=NNC(=O)c1ccc(Cl)cc1O. The molecule has 0 bridgehead atoms. The van der Waals surface area contributed by atoms with Crippen molar-refractivity contribution in [3.05, 3.63) is 50.7 Å². The molecular formula is C13H11ClN2O2S. The highest BCUT2D eigenvalue weighted by atomic mass is 35.5. The molecule has 0 spiro atoms. The van der Waals surface area contributed by atoms with Gasteiger partial charge in [0, 0.05) is 9.90 Å². The van der Waals surface area contributed by atoms with Crippen molar-refractivity contribution in [2.45, 2.75) is 6.92 Å². The first-order chi connectivity index (χ1) is 9.08. The molecule has 0 aliphatic carbocycles. The molecule has 0 saturated carbocycles. The normalized spacial score (nSPS) is 10.8. The first-order valence-corrected chi connectivity index (χ1v) is 6.69. The van der Waals surface area contributed by atoms with Crippen LogP contribution in [0.4, 0.5) is 0 Å². The lowest BCUT2D eigenvalue weighted by Gasteiger charge is -2.02. The quantitative estimate of drug-likeness (QED) is 0.674. The maximum atomic E-state index is 11.8. The second kappa shape index (κ2) is 5.86. The summed E-state index contributed by atoms with van der Waals surface area (Å²) < 4.78 is 0. The topological polar surface area (TPSA) is 61.7 Å². The predicted octanol–water partition coefficient (Wildman–Crippen LogP) is 3.18. The molecule has 1 amide bonds. The first-order valence-electron chi connectivity index (χ1n) is 5.44. The van der Waals surface area contributed by atoms with Crippen molar-refractivity contribution in [3.8, 4) is 5.75 Å². The van der Waals surface area contributed by atoms with E-state index in [0.717, 1.165) is 10.4 Å². The zero-order valence-electron chi connectivity index (χ0n) is 10.1. The highest BCUT2D eigenvalue weighted by molar-refractivity contribution is 7.11. The van der Waals surface area contributed by atoms with E-state index in [9.17, 15) is 9.90 Å². The van der Waals surface area contributed by atoms with Gasteiger partial charge in [0.15, 0.2) is 0 Å². The van der Waals surface area contributed by atoms with Crippen LogP contribution in [0.3, 0.4) is 0 Å². The number of aryl methyl sites for hydroxylation is 1. The van der Waals surface area contributed by atoms with Crippen LogP contribution in [0.5, 0.6) is 5.75 Å². The molecule has 0 atom stereocenters. The van der Waals surface area contributed by atoms with Gasteiger partial charge in [0.2, 0.25) is 0 Å². The lowest BCUT2D eigenvalue weighted by molar-refractivity contribution is 0.0952. The van der Waals surface area contributed by atoms with Crippen molar-refractivity contribution in [1.82, 2.24) is 5.43 Å². The smallest absolute Gasteiger partial charge is 0.275 e. The van der Waals surface area contributed by atoms with Gasteiger partial charge in [-0.25, -0.2) is 5.43 Å². The number of nitrogens with zero attached hydrogens (tertiary/aromatic N) is 1. The van der Waals surface area contributed by atoms with E-state index in [1.165, 1.54) is 29.5 Å². The van der Waals surface area contributed by atoms with Crippen LogP contribution in [-0.4, -0.2) is 17.2 Å². The molecule has 2 rings (SSSR count). The molecule has 1 heterocycles. The summed E-state index contributed by atoms with van der Waals surface area (Å²) in [5.74, 6) is -0.660. The van der Waals surface area contributed by atoms with Crippen LogP contribution in [0.15, 0.2) is 34.7 Å². The van der Waals surface area contributed by atoms with Crippen LogP contribution in [0, 0.1) is 6.92 Å². The van der Waals surface area contributed by atoms with Crippen molar-refractivity contribution in [2.24, 2.45) is 5.10 Å². The summed E-state index contributed by atoms with van der Waals surface area (Å²) in [6, 6.07) is 6.25. The number of carbonyl (C=O) groups excluding carboxylic acids is 1. The lowest BCUT2D eigenvalue weighted by atomic mass is 10.2. The second-order valence-electron chi connectivity index (χ2n) is 3.83. The number of hydrogen-bond donors (Lipinski definition) is 2. The summed E-state index contributed by atoms with van der Waals surface area (Å²) in [7, 11) is 0. The van der Waals surface area contributed by atoms with Gasteiger partial charge in [-0.3, -0.25) is 4.79 Å². The fraction of sp³-hybridized carbons (Fsp3) is 0.0769. The molecule has 1 aromatic heterocycles. The van der Waals surface area contributed by atoms with E-state index in [2.05, 4.69) is 10.5 Å². The fourth-order valence-corrected chi connectivity index (χ4v) is 2.38. The first kappa shape index (κ1) is 13.6. The Bertz CT molecular complexity index is 637. The number of amides is 1.